The fourth-order valence-corrected chi connectivity index (χ4v) is 1.93. The number of nitrogens with one attached hydrogen (secondary N) is 2. The van der Waals surface area contributed by atoms with Crippen molar-refractivity contribution in [2.75, 3.05) is 19.7 Å². The minimum absolute atomic E-state index is 0.0747. The molecule has 0 atom stereocenters. The van der Waals surface area contributed by atoms with Crippen LogP contribution in [0.2, 0.25) is 0 Å². The van der Waals surface area contributed by atoms with Crippen LogP contribution < -0.4 is 10.6 Å². The van der Waals surface area contributed by atoms with Gasteiger partial charge in [0.05, 0.1) is 12.8 Å². The molecule has 3 N–H and O–H groups in total. The number of hydrogen-bond acceptors (Lipinski definition) is 4. The Bertz CT molecular complexity index is 438. The quantitative estimate of drug-likeness (QED) is 0.661. The minimum Gasteiger partial charge on any atom is -0.459 e. The summed E-state index contributed by atoms with van der Waals surface area (Å²) < 4.78 is 4.91. The zero-order valence-corrected chi connectivity index (χ0v) is 10.6. The maximum Gasteiger partial charge on any atom is 0.287 e. The molecule has 0 unspecified atom stereocenters. The van der Waals surface area contributed by atoms with E-state index in [9.17, 15) is 9.59 Å². The van der Waals surface area contributed by atoms with Crippen LogP contribution in [0.15, 0.2) is 22.8 Å². The molecule has 1 aromatic heterocycles. The molecule has 104 valence electrons. The molecule has 19 heavy (non-hydrogen) atoms. The largest absolute Gasteiger partial charge is 0.459 e. The number of aliphatic hydroxyl groups excluding tert-OH is 1. The van der Waals surface area contributed by atoms with Crippen LogP contribution in [0.4, 0.5) is 0 Å². The average Bonchev–Trinajstić information content (AvgIpc) is 2.95. The summed E-state index contributed by atoms with van der Waals surface area (Å²) in [7, 11) is 0. The summed E-state index contributed by atoms with van der Waals surface area (Å²) in [6.07, 6.45) is 4.19. The zero-order chi connectivity index (χ0) is 13.7. The number of furan rings is 1. The molecule has 1 aliphatic rings. The highest BCUT2D eigenvalue weighted by Gasteiger charge is 2.41. The van der Waals surface area contributed by atoms with E-state index >= 15 is 0 Å². The Morgan fingerprint density at radius 1 is 1.37 bits per heavy atom. The summed E-state index contributed by atoms with van der Waals surface area (Å²) in [5.74, 6) is -0.451. The van der Waals surface area contributed by atoms with Crippen LogP contribution in [0.1, 0.15) is 29.8 Å². The van der Waals surface area contributed by atoms with Crippen molar-refractivity contribution >= 4 is 11.8 Å². The molecule has 0 bridgehead atoms. The molecule has 0 saturated heterocycles. The van der Waals surface area contributed by atoms with E-state index < -0.39 is 5.91 Å². The van der Waals surface area contributed by atoms with Gasteiger partial charge in [0.25, 0.3) is 5.91 Å². The fraction of sp³-hybridized carbons (Fsp3) is 0.538. The van der Waals surface area contributed by atoms with E-state index in [0.717, 1.165) is 12.8 Å². The lowest BCUT2D eigenvalue weighted by molar-refractivity contribution is -0.120. The van der Waals surface area contributed by atoms with Crippen molar-refractivity contribution in [1.29, 1.82) is 0 Å². The van der Waals surface area contributed by atoms with Gasteiger partial charge in [-0.1, -0.05) is 0 Å². The lowest BCUT2D eigenvalue weighted by Crippen LogP contribution is -2.39. The van der Waals surface area contributed by atoms with Crippen LogP contribution in [-0.4, -0.2) is 36.6 Å². The maximum absolute atomic E-state index is 11.6. The van der Waals surface area contributed by atoms with Crippen molar-refractivity contribution in [3.8, 4) is 0 Å². The van der Waals surface area contributed by atoms with Gasteiger partial charge in [-0.3, -0.25) is 9.59 Å². The normalized spacial score (nSPS) is 15.8. The van der Waals surface area contributed by atoms with Gasteiger partial charge in [0.2, 0.25) is 5.91 Å². The topological polar surface area (TPSA) is 91.6 Å². The number of hydrogen-bond donors (Lipinski definition) is 3. The second-order valence-corrected chi connectivity index (χ2v) is 4.91. The van der Waals surface area contributed by atoms with Gasteiger partial charge >= 0.3 is 0 Å². The smallest absolute Gasteiger partial charge is 0.287 e. The van der Waals surface area contributed by atoms with Gasteiger partial charge in [0.1, 0.15) is 0 Å². The predicted molar refractivity (Wildman–Crippen MR) is 67.4 cm³/mol. The van der Waals surface area contributed by atoms with Crippen molar-refractivity contribution < 1.29 is 19.1 Å². The third kappa shape index (κ3) is 3.82. The van der Waals surface area contributed by atoms with E-state index in [-0.39, 0.29) is 30.2 Å². The molecule has 0 aliphatic heterocycles. The second kappa shape index (κ2) is 5.88. The van der Waals surface area contributed by atoms with E-state index in [4.69, 9.17) is 9.52 Å². The fourth-order valence-electron chi connectivity index (χ4n) is 1.93. The molecule has 0 aromatic carbocycles. The lowest BCUT2D eigenvalue weighted by atomic mass is 10.0. The van der Waals surface area contributed by atoms with E-state index in [1.165, 1.54) is 12.3 Å². The predicted octanol–water partition coefficient (Wildman–Crippen LogP) is 0.288. The summed E-state index contributed by atoms with van der Waals surface area (Å²) >= 11 is 0. The number of amides is 2. The van der Waals surface area contributed by atoms with Gasteiger partial charge in [-0.2, -0.15) is 0 Å². The van der Waals surface area contributed by atoms with Gasteiger partial charge in [-0.15, -0.1) is 0 Å². The van der Waals surface area contributed by atoms with Crippen molar-refractivity contribution in [2.24, 2.45) is 5.41 Å². The Kier molecular flexibility index (Phi) is 4.21. The molecular weight excluding hydrogens is 248 g/mol. The summed E-state index contributed by atoms with van der Waals surface area (Å²) in [4.78, 5) is 23.1. The molecule has 1 saturated carbocycles. The third-order valence-corrected chi connectivity index (χ3v) is 3.41. The van der Waals surface area contributed by atoms with Gasteiger partial charge in [-0.25, -0.2) is 0 Å². The van der Waals surface area contributed by atoms with Gasteiger partial charge < -0.3 is 20.2 Å². The van der Waals surface area contributed by atoms with E-state index in [2.05, 4.69) is 10.6 Å². The van der Waals surface area contributed by atoms with Gasteiger partial charge in [0.15, 0.2) is 5.76 Å². The first-order valence-electron chi connectivity index (χ1n) is 6.34. The minimum atomic E-state index is -0.406. The highest BCUT2D eigenvalue weighted by molar-refractivity contribution is 5.94. The highest BCUT2D eigenvalue weighted by atomic mass is 16.3. The van der Waals surface area contributed by atoms with Crippen LogP contribution in [-0.2, 0) is 4.79 Å². The first-order valence-corrected chi connectivity index (χ1v) is 6.34. The van der Waals surface area contributed by atoms with Crippen molar-refractivity contribution in [2.45, 2.75) is 19.3 Å². The molecule has 1 fully saturated rings. The second-order valence-electron chi connectivity index (χ2n) is 4.91. The van der Waals surface area contributed by atoms with Crippen LogP contribution in [0.3, 0.4) is 0 Å². The molecule has 2 rings (SSSR count). The number of carbonyl (C=O) groups is 2. The van der Waals surface area contributed by atoms with E-state index in [1.807, 2.05) is 0 Å². The van der Waals surface area contributed by atoms with Crippen LogP contribution >= 0.6 is 0 Å². The summed E-state index contributed by atoms with van der Waals surface area (Å²) in [6.45, 7) is 0.628. The average molecular weight is 266 g/mol. The standard InChI is InChI=1S/C13H18N2O4/c16-6-5-13(3-4-13)9-15-11(17)8-14-12(18)10-2-1-7-19-10/h1-2,7,16H,3-6,8-9H2,(H,14,18)(H,15,17). The first-order chi connectivity index (χ1) is 9.15. The lowest BCUT2D eigenvalue weighted by Gasteiger charge is -2.14. The van der Waals surface area contributed by atoms with Crippen molar-refractivity contribution in [1.82, 2.24) is 10.6 Å². The molecule has 2 amide bonds. The molecule has 1 aliphatic carbocycles. The van der Waals surface area contributed by atoms with E-state index in [1.54, 1.807) is 6.07 Å². The summed E-state index contributed by atoms with van der Waals surface area (Å²) in [5, 5.41) is 14.2. The first kappa shape index (κ1) is 13.6. The van der Waals surface area contributed by atoms with Crippen molar-refractivity contribution in [3.63, 3.8) is 0 Å². The SMILES string of the molecule is O=C(CNC(=O)c1ccco1)NCC1(CCO)CC1. The Labute approximate surface area is 111 Å². The molecular formula is C13H18N2O4. The molecule has 6 nitrogen and oxygen atoms in total. The maximum atomic E-state index is 11.6. The monoisotopic (exact) mass is 266 g/mol. The Balaban J connectivity index is 1.66. The van der Waals surface area contributed by atoms with Crippen LogP contribution in [0.25, 0.3) is 0 Å². The molecule has 6 heteroatoms. The third-order valence-electron chi connectivity index (χ3n) is 3.41. The Morgan fingerprint density at radius 3 is 2.74 bits per heavy atom. The van der Waals surface area contributed by atoms with Crippen LogP contribution in [0, 0.1) is 5.41 Å². The van der Waals surface area contributed by atoms with E-state index in [0.29, 0.717) is 13.0 Å². The Morgan fingerprint density at radius 2 is 2.16 bits per heavy atom. The molecule has 0 spiro atoms. The van der Waals surface area contributed by atoms with Gasteiger partial charge in [0, 0.05) is 13.2 Å². The highest BCUT2D eigenvalue weighted by Crippen LogP contribution is 2.47. The molecule has 1 aromatic rings. The molecule has 0 radical (unpaired) electrons. The number of aliphatic hydroxyl groups is 1. The van der Waals surface area contributed by atoms with Crippen LogP contribution in [0.5, 0.6) is 0 Å². The zero-order valence-electron chi connectivity index (χ0n) is 10.6. The molecule has 1 heterocycles. The number of carbonyl (C=O) groups excluding carboxylic acids is 2. The summed E-state index contributed by atoms with van der Waals surface area (Å²) in [6, 6.07) is 3.15. The van der Waals surface area contributed by atoms with Gasteiger partial charge in [-0.05, 0) is 36.8 Å². The summed E-state index contributed by atoms with van der Waals surface area (Å²) in [5.41, 5.74) is 0.0788. The van der Waals surface area contributed by atoms with Crippen molar-refractivity contribution in [3.05, 3.63) is 24.2 Å². The number of rotatable bonds is 7. The Hall–Kier alpha value is -1.82.